The first-order valence-electron chi connectivity index (χ1n) is 7.61. The maximum atomic E-state index is 13.0. The van der Waals surface area contributed by atoms with Crippen molar-refractivity contribution >= 4 is 27.5 Å². The quantitative estimate of drug-likeness (QED) is 0.803. The van der Waals surface area contributed by atoms with Gasteiger partial charge in [0.25, 0.3) is 5.91 Å². The van der Waals surface area contributed by atoms with Crippen molar-refractivity contribution in [3.05, 3.63) is 29.3 Å². The van der Waals surface area contributed by atoms with Crippen LogP contribution in [-0.4, -0.2) is 66.6 Å². The lowest BCUT2D eigenvalue weighted by atomic mass is 10.1. The van der Waals surface area contributed by atoms with Crippen molar-refractivity contribution in [3.8, 4) is 0 Å². The van der Waals surface area contributed by atoms with Crippen molar-refractivity contribution in [2.75, 3.05) is 39.9 Å². The van der Waals surface area contributed by atoms with Gasteiger partial charge in [-0.25, -0.2) is 4.98 Å². The predicted molar refractivity (Wildman–Crippen MR) is 86.3 cm³/mol. The van der Waals surface area contributed by atoms with Gasteiger partial charge in [0.05, 0.1) is 35.0 Å². The number of nitrogens with zero attached hydrogens (tertiary/aromatic N) is 3. The van der Waals surface area contributed by atoms with Gasteiger partial charge in [0.2, 0.25) is 0 Å². The van der Waals surface area contributed by atoms with E-state index < -0.39 is 0 Å². The zero-order valence-corrected chi connectivity index (χ0v) is 13.4. The zero-order valence-electron chi connectivity index (χ0n) is 12.6. The van der Waals surface area contributed by atoms with E-state index in [0.29, 0.717) is 12.5 Å². The maximum absolute atomic E-state index is 13.0. The molecule has 2 saturated heterocycles. The van der Waals surface area contributed by atoms with Gasteiger partial charge in [-0.1, -0.05) is 0 Å². The van der Waals surface area contributed by atoms with E-state index in [1.54, 1.807) is 11.3 Å². The van der Waals surface area contributed by atoms with Crippen LogP contribution in [0.2, 0.25) is 0 Å². The summed E-state index contributed by atoms with van der Waals surface area (Å²) in [6, 6.07) is 5.96. The van der Waals surface area contributed by atoms with Crippen LogP contribution >= 0.6 is 11.3 Å². The number of aromatic nitrogens is 1. The second-order valence-corrected chi connectivity index (χ2v) is 7.16. The number of fused-ring (bicyclic) bond motifs is 4. The molecule has 5 nitrogen and oxygen atoms in total. The number of carbonyl (C=O) groups is 1. The Balaban J connectivity index is 1.65. The predicted octanol–water partition coefficient (Wildman–Crippen LogP) is 1.70. The van der Waals surface area contributed by atoms with E-state index in [4.69, 9.17) is 4.74 Å². The van der Waals surface area contributed by atoms with Gasteiger partial charge < -0.3 is 14.5 Å². The van der Waals surface area contributed by atoms with Crippen LogP contribution in [0.15, 0.2) is 23.7 Å². The minimum atomic E-state index is 0.103. The van der Waals surface area contributed by atoms with E-state index in [0.717, 1.165) is 42.0 Å². The number of hydrogen-bond acceptors (Lipinski definition) is 5. The Morgan fingerprint density at radius 2 is 2.23 bits per heavy atom. The highest BCUT2D eigenvalue weighted by molar-refractivity contribution is 7.16. The van der Waals surface area contributed by atoms with Gasteiger partial charge in [0.1, 0.15) is 0 Å². The van der Waals surface area contributed by atoms with Gasteiger partial charge in [-0.3, -0.25) is 4.79 Å². The lowest BCUT2D eigenvalue weighted by molar-refractivity contribution is 0.0483. The first-order chi connectivity index (χ1) is 10.7. The molecule has 116 valence electrons. The zero-order chi connectivity index (χ0) is 15.1. The fraction of sp³-hybridized carbons (Fsp3) is 0.500. The monoisotopic (exact) mass is 317 g/mol. The Kier molecular flexibility index (Phi) is 3.60. The van der Waals surface area contributed by atoms with Crippen LogP contribution < -0.4 is 0 Å². The summed E-state index contributed by atoms with van der Waals surface area (Å²) in [4.78, 5) is 21.6. The number of ether oxygens (including phenoxy) is 1. The molecular weight excluding hydrogens is 298 g/mol. The average Bonchev–Trinajstić information content (AvgIpc) is 2.80. The van der Waals surface area contributed by atoms with Gasteiger partial charge in [-0.2, -0.15) is 0 Å². The van der Waals surface area contributed by atoms with Crippen LogP contribution in [0.4, 0.5) is 0 Å². The Labute approximate surface area is 133 Å². The molecule has 0 unspecified atom stereocenters. The molecule has 0 radical (unpaired) electrons. The maximum Gasteiger partial charge on any atom is 0.254 e. The van der Waals surface area contributed by atoms with Gasteiger partial charge in [0, 0.05) is 31.1 Å². The molecule has 1 aromatic carbocycles. The first-order valence-corrected chi connectivity index (χ1v) is 8.49. The molecule has 2 atom stereocenters. The fourth-order valence-electron chi connectivity index (χ4n) is 3.48. The second kappa shape index (κ2) is 5.61. The number of rotatable bonds is 1. The molecule has 0 N–H and O–H groups in total. The molecule has 0 saturated carbocycles. The molecule has 2 aromatic rings. The third kappa shape index (κ3) is 2.51. The van der Waals surface area contributed by atoms with Crippen molar-refractivity contribution in [1.82, 2.24) is 14.8 Å². The number of thiazole rings is 1. The van der Waals surface area contributed by atoms with Crippen LogP contribution in [0.25, 0.3) is 10.2 Å². The standard InChI is InChI=1S/C16H19N3O2S/c1-18-5-11-6-19(13(7-18)9-21-8-11)16(20)12-2-3-15-14(4-12)17-10-22-15/h2-4,10-11,13H,5-9H2,1H3/t11-,13-/m0/s1. The van der Waals surface area contributed by atoms with E-state index in [-0.39, 0.29) is 11.9 Å². The summed E-state index contributed by atoms with van der Waals surface area (Å²) < 4.78 is 6.87. The van der Waals surface area contributed by atoms with Gasteiger partial charge in [0.15, 0.2) is 0 Å². The minimum Gasteiger partial charge on any atom is -0.379 e. The van der Waals surface area contributed by atoms with E-state index in [1.165, 1.54) is 0 Å². The van der Waals surface area contributed by atoms with Crippen molar-refractivity contribution in [3.63, 3.8) is 0 Å². The van der Waals surface area contributed by atoms with Gasteiger partial charge in [-0.15, -0.1) is 11.3 Å². The van der Waals surface area contributed by atoms with E-state index >= 15 is 0 Å². The van der Waals surface area contributed by atoms with Crippen molar-refractivity contribution in [2.24, 2.45) is 5.92 Å². The number of carbonyl (C=O) groups excluding carboxylic acids is 1. The molecule has 1 amide bonds. The summed E-state index contributed by atoms with van der Waals surface area (Å²) in [5.74, 6) is 0.496. The van der Waals surface area contributed by atoms with Crippen molar-refractivity contribution < 1.29 is 9.53 Å². The first kappa shape index (κ1) is 14.1. The van der Waals surface area contributed by atoms with Crippen LogP contribution in [0.5, 0.6) is 0 Å². The third-order valence-corrected chi connectivity index (χ3v) is 5.30. The summed E-state index contributed by atoms with van der Waals surface area (Å²) in [6.07, 6.45) is 0. The fourth-order valence-corrected chi connectivity index (χ4v) is 4.14. The molecule has 2 aliphatic heterocycles. The largest absolute Gasteiger partial charge is 0.379 e. The minimum absolute atomic E-state index is 0.103. The van der Waals surface area contributed by atoms with E-state index in [2.05, 4.69) is 16.9 Å². The van der Waals surface area contributed by atoms with Crippen LogP contribution in [0, 0.1) is 5.92 Å². The van der Waals surface area contributed by atoms with Crippen LogP contribution in [0.1, 0.15) is 10.4 Å². The Bertz CT molecular complexity index is 702. The number of benzene rings is 1. The lowest BCUT2D eigenvalue weighted by Gasteiger charge is -2.29. The number of hydrogen-bond donors (Lipinski definition) is 0. The summed E-state index contributed by atoms with van der Waals surface area (Å²) in [7, 11) is 2.13. The highest BCUT2D eigenvalue weighted by atomic mass is 32.1. The van der Waals surface area contributed by atoms with Gasteiger partial charge >= 0.3 is 0 Å². The van der Waals surface area contributed by atoms with Crippen LogP contribution in [-0.2, 0) is 4.74 Å². The topological polar surface area (TPSA) is 45.7 Å². The number of amides is 1. The summed E-state index contributed by atoms with van der Waals surface area (Å²) in [5.41, 5.74) is 3.45. The Morgan fingerprint density at radius 1 is 1.32 bits per heavy atom. The average molecular weight is 317 g/mol. The summed E-state index contributed by atoms with van der Waals surface area (Å²) >= 11 is 1.60. The molecule has 4 rings (SSSR count). The highest BCUT2D eigenvalue weighted by Crippen LogP contribution is 2.23. The highest BCUT2D eigenvalue weighted by Gasteiger charge is 2.35. The van der Waals surface area contributed by atoms with E-state index in [1.807, 2.05) is 28.6 Å². The normalized spacial score (nSPS) is 26.1. The van der Waals surface area contributed by atoms with Crippen molar-refractivity contribution in [2.45, 2.75) is 6.04 Å². The molecular formula is C16H19N3O2S. The van der Waals surface area contributed by atoms with E-state index in [9.17, 15) is 4.79 Å². The lowest BCUT2D eigenvalue weighted by Crippen LogP contribution is -2.45. The number of likely N-dealkylation sites (N-methyl/N-ethyl adjacent to an activating group) is 1. The molecule has 0 spiro atoms. The molecule has 3 heterocycles. The SMILES string of the molecule is CN1C[C@@H]2COC[C@H](C1)N(C(=O)c1ccc3scnc3c1)C2. The van der Waals surface area contributed by atoms with Crippen LogP contribution in [0.3, 0.4) is 0 Å². The van der Waals surface area contributed by atoms with Gasteiger partial charge in [-0.05, 0) is 25.2 Å². The Hall–Kier alpha value is -1.50. The summed E-state index contributed by atoms with van der Waals surface area (Å²) in [5, 5.41) is 0. The molecule has 1 aromatic heterocycles. The summed E-state index contributed by atoms with van der Waals surface area (Å²) in [6.45, 7) is 4.02. The third-order valence-electron chi connectivity index (χ3n) is 4.49. The molecule has 2 bridgehead atoms. The van der Waals surface area contributed by atoms with Crippen molar-refractivity contribution in [1.29, 1.82) is 0 Å². The second-order valence-electron chi connectivity index (χ2n) is 6.27. The smallest absolute Gasteiger partial charge is 0.254 e. The molecule has 2 aliphatic rings. The molecule has 22 heavy (non-hydrogen) atoms. The molecule has 2 fully saturated rings. The Morgan fingerprint density at radius 3 is 3.14 bits per heavy atom. The molecule has 6 heteroatoms. The molecule has 0 aliphatic carbocycles.